The zero-order valence-corrected chi connectivity index (χ0v) is 20.3. The van der Waals surface area contributed by atoms with E-state index in [1.165, 1.54) is 11.8 Å². The van der Waals surface area contributed by atoms with Gasteiger partial charge in [-0.25, -0.2) is 4.79 Å². The van der Waals surface area contributed by atoms with Crippen molar-refractivity contribution >= 4 is 57.8 Å². The number of carbonyl (C=O) groups is 4. The molecule has 4 aliphatic rings. The van der Waals surface area contributed by atoms with Crippen molar-refractivity contribution in [3.8, 4) is 0 Å². The van der Waals surface area contributed by atoms with Gasteiger partial charge in [-0.1, -0.05) is 5.16 Å². The van der Waals surface area contributed by atoms with Crippen LogP contribution in [-0.2, 0) is 19.2 Å². The van der Waals surface area contributed by atoms with Crippen molar-refractivity contribution in [1.29, 1.82) is 0 Å². The fourth-order valence-corrected chi connectivity index (χ4v) is 6.20. The second-order valence-electron chi connectivity index (χ2n) is 8.64. The number of hydrogen-bond acceptors (Lipinski definition) is 12. The number of aromatic nitrogens is 2. The van der Waals surface area contributed by atoms with Gasteiger partial charge in [0.1, 0.15) is 17.1 Å². The third-order valence-corrected chi connectivity index (χ3v) is 8.21. The monoisotopic (exact) mass is 534 g/mol. The largest absolute Gasteiger partial charge is 0.477 e. The lowest BCUT2D eigenvalue weighted by atomic mass is 10.0. The third-order valence-electron chi connectivity index (χ3n) is 6.36. The highest BCUT2D eigenvalue weighted by atomic mass is 32.2. The van der Waals surface area contributed by atoms with E-state index in [4.69, 9.17) is 5.73 Å². The Balaban J connectivity index is 1.31. The molecule has 0 saturated carbocycles. The molecule has 36 heavy (non-hydrogen) atoms. The summed E-state index contributed by atoms with van der Waals surface area (Å²) in [5, 5.41) is 27.1. The summed E-state index contributed by atoms with van der Waals surface area (Å²) in [5.41, 5.74) is 5.67. The summed E-state index contributed by atoms with van der Waals surface area (Å²) < 4.78 is 3.82. The first-order chi connectivity index (χ1) is 17.3. The lowest BCUT2D eigenvalue weighted by Gasteiger charge is -2.49. The predicted molar refractivity (Wildman–Crippen MR) is 128 cm³/mol. The maximum Gasteiger partial charge on any atom is 0.352 e. The summed E-state index contributed by atoms with van der Waals surface area (Å²) in [5.74, 6) is -2.47. The molecule has 5 heterocycles. The molecule has 1 aromatic rings. The minimum atomic E-state index is -1.30. The average Bonchev–Trinajstić information content (AvgIpc) is 3.40. The Bertz CT molecular complexity index is 1240. The molecule has 3 saturated heterocycles. The second-order valence-corrected chi connectivity index (χ2v) is 10.5. The summed E-state index contributed by atoms with van der Waals surface area (Å²) in [6, 6.07) is -1.04. The van der Waals surface area contributed by atoms with E-state index in [0.29, 0.717) is 36.6 Å². The summed E-state index contributed by atoms with van der Waals surface area (Å²) in [6.45, 7) is 3.00. The van der Waals surface area contributed by atoms with Crippen molar-refractivity contribution in [2.24, 2.45) is 11.1 Å². The van der Waals surface area contributed by atoms with E-state index >= 15 is 0 Å². The van der Waals surface area contributed by atoms with Crippen LogP contribution in [0.15, 0.2) is 28.1 Å². The van der Waals surface area contributed by atoms with Crippen molar-refractivity contribution in [1.82, 2.24) is 29.8 Å². The maximum atomic E-state index is 12.9. The number of nitrogens with one attached hydrogen (secondary N) is 2. The number of thioether (sulfide) groups is 1. The highest BCUT2D eigenvalue weighted by molar-refractivity contribution is 8.00. The Labute approximate surface area is 212 Å². The molecule has 14 nitrogen and oxygen atoms in total. The summed E-state index contributed by atoms with van der Waals surface area (Å²) in [4.78, 5) is 57.1. The number of aliphatic carboxylic acids is 1. The van der Waals surface area contributed by atoms with Crippen LogP contribution in [0.2, 0.25) is 0 Å². The Kier molecular flexibility index (Phi) is 6.40. The molecule has 4 aliphatic heterocycles. The minimum Gasteiger partial charge on any atom is -0.477 e. The molecule has 0 aliphatic carbocycles. The van der Waals surface area contributed by atoms with Gasteiger partial charge in [-0.05, 0) is 18.1 Å². The molecule has 3 fully saturated rings. The van der Waals surface area contributed by atoms with E-state index in [1.54, 1.807) is 11.0 Å². The maximum absolute atomic E-state index is 12.9. The van der Waals surface area contributed by atoms with E-state index in [9.17, 15) is 29.5 Å². The number of allylic oxidation sites excluding steroid dienone is 1. The number of nitrogen functional groups attached to an aromatic ring is 1. The second kappa shape index (κ2) is 9.51. The van der Waals surface area contributed by atoms with Gasteiger partial charge in [0.15, 0.2) is 5.13 Å². The number of fused-ring (bicyclic) bond motifs is 1. The lowest BCUT2D eigenvalue weighted by Crippen LogP contribution is -2.71. The lowest BCUT2D eigenvalue weighted by molar-refractivity contribution is -0.150. The number of hydrogen-bond donors (Lipinski definition) is 5. The van der Waals surface area contributed by atoms with Crippen LogP contribution in [0.1, 0.15) is 12.2 Å². The number of nitrogens with two attached hydrogens (primary N) is 1. The van der Waals surface area contributed by atoms with E-state index in [0.717, 1.165) is 29.5 Å². The van der Waals surface area contributed by atoms with Crippen molar-refractivity contribution in [3.63, 3.8) is 0 Å². The van der Waals surface area contributed by atoms with Gasteiger partial charge >= 0.3 is 5.97 Å². The van der Waals surface area contributed by atoms with Gasteiger partial charge in [0.2, 0.25) is 17.4 Å². The van der Waals surface area contributed by atoms with Gasteiger partial charge in [-0.15, -0.1) is 11.8 Å². The summed E-state index contributed by atoms with van der Waals surface area (Å²) >= 11 is 2.07. The van der Waals surface area contributed by atoms with E-state index in [1.807, 2.05) is 0 Å². The van der Waals surface area contributed by atoms with Crippen LogP contribution in [0.3, 0.4) is 0 Å². The quantitative estimate of drug-likeness (QED) is 0.0887. The van der Waals surface area contributed by atoms with Gasteiger partial charge in [0.25, 0.3) is 11.8 Å². The molecule has 0 radical (unpaired) electrons. The van der Waals surface area contributed by atoms with Crippen LogP contribution in [0, 0.1) is 5.92 Å². The standard InChI is InChI=1S/C20H22N8O6S2/c21-20-24-14(26-36-20)11(25-34)15(29)23-12-17(31)28-13(19(32)33)10(7-35-18(12)28)3-9-1-2-27(16(9)30)6-8-4-22-5-8/h3,8,12,18,22,34H,1-2,4-7H2,(H,23,29)(H,32,33)(H2,21,24,26)/b9-3+,25-11-/t12-,18-/m1/s1. The molecular weight excluding hydrogens is 512 g/mol. The van der Waals surface area contributed by atoms with Crippen molar-refractivity contribution in [2.75, 3.05) is 37.7 Å². The number of β-lactam (4-membered cyclic amide) rings is 1. The number of carboxylic acid groups (broad SMARTS) is 1. The van der Waals surface area contributed by atoms with Crippen molar-refractivity contribution in [3.05, 3.63) is 28.7 Å². The highest BCUT2D eigenvalue weighted by Crippen LogP contribution is 2.41. The fourth-order valence-electron chi connectivity index (χ4n) is 4.46. The van der Waals surface area contributed by atoms with Crippen LogP contribution < -0.4 is 16.4 Å². The van der Waals surface area contributed by atoms with Gasteiger partial charge in [0.05, 0.1) is 0 Å². The van der Waals surface area contributed by atoms with E-state index in [-0.39, 0.29) is 28.3 Å². The average molecular weight is 535 g/mol. The van der Waals surface area contributed by atoms with Gasteiger partial charge in [0, 0.05) is 55.0 Å². The van der Waals surface area contributed by atoms with E-state index < -0.39 is 34.9 Å². The van der Waals surface area contributed by atoms with Crippen molar-refractivity contribution < 1.29 is 29.5 Å². The number of oxime groups is 1. The normalized spacial score (nSPS) is 25.7. The number of anilines is 1. The first-order valence-electron chi connectivity index (χ1n) is 11.0. The summed E-state index contributed by atoms with van der Waals surface area (Å²) in [6.07, 6.45) is 2.09. The molecular formula is C20H22N8O6S2. The molecule has 3 amide bonds. The number of likely N-dealkylation sites (tertiary alicyclic amines) is 1. The Morgan fingerprint density at radius 1 is 1.33 bits per heavy atom. The molecule has 0 bridgehead atoms. The Morgan fingerprint density at radius 2 is 2.11 bits per heavy atom. The van der Waals surface area contributed by atoms with Crippen LogP contribution in [-0.4, -0.2) is 102 Å². The topological polar surface area (TPSA) is 203 Å². The zero-order chi connectivity index (χ0) is 25.6. The molecule has 6 N–H and O–H groups in total. The SMILES string of the molecule is Nc1nc(/C(=N/O)C(=O)N[C@@H]2C(=O)N3C(C(=O)O)=C(/C=C4\CCN(CC5CNC5)C4=O)CS[C@H]23)ns1. The van der Waals surface area contributed by atoms with Crippen LogP contribution in [0.5, 0.6) is 0 Å². The van der Waals surface area contributed by atoms with Gasteiger partial charge in [-0.2, -0.15) is 9.36 Å². The predicted octanol–water partition coefficient (Wildman–Crippen LogP) is -1.58. The molecule has 1 aromatic heterocycles. The van der Waals surface area contributed by atoms with Crippen LogP contribution >= 0.6 is 23.3 Å². The molecule has 0 unspecified atom stereocenters. The first-order valence-corrected chi connectivity index (χ1v) is 12.8. The molecule has 2 atom stereocenters. The molecule has 0 spiro atoms. The highest BCUT2D eigenvalue weighted by Gasteiger charge is 2.54. The Hall–Kier alpha value is -3.50. The first kappa shape index (κ1) is 24.2. The van der Waals surface area contributed by atoms with Crippen molar-refractivity contribution in [2.45, 2.75) is 17.8 Å². The minimum absolute atomic E-state index is 0.0643. The molecule has 16 heteroatoms. The fraction of sp³-hybridized carbons (Fsp3) is 0.450. The number of nitrogens with zero attached hydrogens (tertiary/aromatic N) is 5. The van der Waals surface area contributed by atoms with Crippen LogP contribution in [0.4, 0.5) is 5.13 Å². The van der Waals surface area contributed by atoms with Gasteiger partial charge < -0.3 is 31.6 Å². The molecule has 0 aromatic carbocycles. The number of amides is 3. The smallest absolute Gasteiger partial charge is 0.352 e. The number of carbonyl (C=O) groups excluding carboxylic acids is 3. The summed E-state index contributed by atoms with van der Waals surface area (Å²) in [7, 11) is 0. The van der Waals surface area contributed by atoms with E-state index in [2.05, 4.69) is 25.1 Å². The molecule has 190 valence electrons. The third kappa shape index (κ3) is 4.20. The van der Waals surface area contributed by atoms with Gasteiger partial charge in [-0.3, -0.25) is 19.3 Å². The number of carboxylic acids is 1. The van der Waals surface area contributed by atoms with Crippen LogP contribution in [0.25, 0.3) is 0 Å². The molecule has 5 rings (SSSR count). The zero-order valence-electron chi connectivity index (χ0n) is 18.7. The Morgan fingerprint density at radius 3 is 2.72 bits per heavy atom. The number of rotatable bonds is 7.